The quantitative estimate of drug-likeness (QED) is 0.244. The molecule has 9 heteroatoms. The molecule has 1 aromatic heterocycles. The molecule has 0 unspecified atom stereocenters. The molecular weight excluding hydrogens is 483 g/mol. The number of halogens is 1. The minimum atomic E-state index is -0.0957. The molecule has 3 heterocycles. The van der Waals surface area contributed by atoms with Crippen molar-refractivity contribution in [1.82, 2.24) is 25.2 Å². The lowest BCUT2D eigenvalue weighted by atomic mass is 10.1. The Morgan fingerprint density at radius 1 is 1.21 bits per heavy atom. The number of rotatable bonds is 7. The summed E-state index contributed by atoms with van der Waals surface area (Å²) in [4.78, 5) is 12.1. The Morgan fingerprint density at radius 2 is 1.93 bits per heavy atom. The van der Waals surface area contributed by atoms with Gasteiger partial charge >= 0.3 is 0 Å². The largest absolute Gasteiger partial charge is 0.393 e. The standard InChI is InChI=1S/C20H36N6O2.HI/c1-3-21-20(22-7-4-8-24-9-5-19(27)6-10-24)26-13-11-25(12-14-26)16-18-15-17(2)28-23-18;/h15,19,27H,3-14,16H2,1-2H3,(H,21,22);1H. The topological polar surface area (TPSA) is 80.4 Å². The number of nitrogens with one attached hydrogen (secondary N) is 1. The first-order chi connectivity index (χ1) is 13.6. The van der Waals surface area contributed by atoms with Gasteiger partial charge in [0.05, 0.1) is 11.8 Å². The fourth-order valence-electron chi connectivity index (χ4n) is 3.89. The van der Waals surface area contributed by atoms with E-state index in [1.165, 1.54) is 0 Å². The molecule has 3 rings (SSSR count). The number of hydrogen-bond acceptors (Lipinski definition) is 6. The summed E-state index contributed by atoms with van der Waals surface area (Å²) in [5.74, 6) is 1.91. The smallest absolute Gasteiger partial charge is 0.194 e. The van der Waals surface area contributed by atoms with Crippen molar-refractivity contribution < 1.29 is 9.63 Å². The summed E-state index contributed by atoms with van der Waals surface area (Å²) in [5.41, 5.74) is 1.01. The molecule has 2 aliphatic heterocycles. The second-order valence-electron chi connectivity index (χ2n) is 7.85. The summed E-state index contributed by atoms with van der Waals surface area (Å²) in [5, 5.41) is 17.2. The summed E-state index contributed by atoms with van der Waals surface area (Å²) in [6.45, 7) is 13.7. The molecule has 0 aliphatic carbocycles. The summed E-state index contributed by atoms with van der Waals surface area (Å²) in [6.07, 6.45) is 2.78. The molecule has 0 saturated carbocycles. The molecule has 0 atom stereocenters. The van der Waals surface area contributed by atoms with Gasteiger partial charge in [-0.2, -0.15) is 0 Å². The molecule has 2 fully saturated rings. The molecule has 0 bridgehead atoms. The monoisotopic (exact) mass is 520 g/mol. The average molecular weight is 520 g/mol. The van der Waals surface area contributed by atoms with Crippen LogP contribution >= 0.6 is 24.0 Å². The molecule has 2 saturated heterocycles. The highest BCUT2D eigenvalue weighted by Crippen LogP contribution is 2.11. The fourth-order valence-corrected chi connectivity index (χ4v) is 3.89. The first-order valence-electron chi connectivity index (χ1n) is 10.7. The number of hydrogen-bond donors (Lipinski definition) is 2. The van der Waals surface area contributed by atoms with Gasteiger partial charge in [0.25, 0.3) is 0 Å². The van der Waals surface area contributed by atoms with Gasteiger partial charge in [-0.25, -0.2) is 0 Å². The molecule has 0 amide bonds. The SMILES string of the molecule is CCNC(=NCCCN1CCC(O)CC1)N1CCN(Cc2cc(C)on2)CC1.I. The van der Waals surface area contributed by atoms with Gasteiger partial charge in [-0.3, -0.25) is 9.89 Å². The van der Waals surface area contributed by atoms with E-state index >= 15 is 0 Å². The highest BCUT2D eigenvalue weighted by atomic mass is 127. The van der Waals surface area contributed by atoms with Crippen molar-refractivity contribution in [2.75, 3.05) is 58.9 Å². The van der Waals surface area contributed by atoms with Crippen molar-refractivity contribution in [3.63, 3.8) is 0 Å². The van der Waals surface area contributed by atoms with Crippen LogP contribution in [0.3, 0.4) is 0 Å². The van der Waals surface area contributed by atoms with Crippen molar-refractivity contribution in [3.05, 3.63) is 17.5 Å². The van der Waals surface area contributed by atoms with E-state index < -0.39 is 0 Å². The lowest BCUT2D eigenvalue weighted by Crippen LogP contribution is -2.52. The highest BCUT2D eigenvalue weighted by Gasteiger charge is 2.20. The second kappa shape index (κ2) is 12.7. The molecule has 1 aromatic rings. The minimum Gasteiger partial charge on any atom is -0.393 e. The number of aromatic nitrogens is 1. The zero-order valence-electron chi connectivity index (χ0n) is 17.8. The number of piperazine rings is 1. The lowest BCUT2D eigenvalue weighted by molar-refractivity contribution is 0.0824. The van der Waals surface area contributed by atoms with Gasteiger partial charge in [0.2, 0.25) is 0 Å². The van der Waals surface area contributed by atoms with Crippen molar-refractivity contribution in [2.24, 2.45) is 4.99 Å². The average Bonchev–Trinajstić information content (AvgIpc) is 3.11. The van der Waals surface area contributed by atoms with Crippen LogP contribution in [0.5, 0.6) is 0 Å². The first-order valence-corrected chi connectivity index (χ1v) is 10.7. The van der Waals surface area contributed by atoms with Gasteiger partial charge in [0.1, 0.15) is 5.76 Å². The fraction of sp³-hybridized carbons (Fsp3) is 0.800. The molecule has 2 N–H and O–H groups in total. The Morgan fingerprint density at radius 3 is 2.55 bits per heavy atom. The summed E-state index contributed by atoms with van der Waals surface area (Å²) >= 11 is 0. The zero-order chi connectivity index (χ0) is 19.8. The van der Waals surface area contributed by atoms with Crippen LogP contribution in [0.15, 0.2) is 15.6 Å². The first kappa shape index (κ1) is 24.4. The second-order valence-corrected chi connectivity index (χ2v) is 7.85. The van der Waals surface area contributed by atoms with E-state index in [0.29, 0.717) is 0 Å². The molecule has 166 valence electrons. The normalized spacial score (nSPS) is 20.0. The van der Waals surface area contributed by atoms with Gasteiger partial charge in [-0.1, -0.05) is 5.16 Å². The molecule has 29 heavy (non-hydrogen) atoms. The van der Waals surface area contributed by atoms with Crippen LogP contribution in [0.4, 0.5) is 0 Å². The number of nitrogens with zero attached hydrogens (tertiary/aromatic N) is 5. The van der Waals surface area contributed by atoms with Gasteiger partial charge in [0, 0.05) is 65.0 Å². The number of aliphatic imine (C=N–C) groups is 1. The predicted molar refractivity (Wildman–Crippen MR) is 126 cm³/mol. The van der Waals surface area contributed by atoms with Crippen molar-refractivity contribution in [3.8, 4) is 0 Å². The van der Waals surface area contributed by atoms with E-state index in [4.69, 9.17) is 9.52 Å². The van der Waals surface area contributed by atoms with E-state index in [1.807, 2.05) is 13.0 Å². The van der Waals surface area contributed by atoms with Gasteiger partial charge in [0.15, 0.2) is 5.96 Å². The third kappa shape index (κ3) is 8.03. The van der Waals surface area contributed by atoms with Crippen LogP contribution < -0.4 is 5.32 Å². The number of aliphatic hydroxyl groups is 1. The Bertz CT molecular complexity index is 610. The minimum absolute atomic E-state index is 0. The number of aliphatic hydroxyl groups excluding tert-OH is 1. The Hall–Kier alpha value is -0.910. The maximum atomic E-state index is 9.60. The maximum Gasteiger partial charge on any atom is 0.194 e. The molecular formula is C20H37IN6O2. The third-order valence-corrected chi connectivity index (χ3v) is 5.52. The molecule has 8 nitrogen and oxygen atoms in total. The van der Waals surface area contributed by atoms with Crippen LogP contribution in [0.25, 0.3) is 0 Å². The van der Waals surface area contributed by atoms with Gasteiger partial charge < -0.3 is 24.7 Å². The Kier molecular flexibility index (Phi) is 10.7. The molecule has 0 radical (unpaired) electrons. The number of likely N-dealkylation sites (tertiary alicyclic amines) is 1. The molecule has 2 aliphatic rings. The van der Waals surface area contributed by atoms with Crippen molar-refractivity contribution in [2.45, 2.75) is 45.8 Å². The highest BCUT2D eigenvalue weighted by molar-refractivity contribution is 14.0. The van der Waals surface area contributed by atoms with Crippen molar-refractivity contribution in [1.29, 1.82) is 0 Å². The van der Waals surface area contributed by atoms with E-state index in [2.05, 4.69) is 32.1 Å². The van der Waals surface area contributed by atoms with E-state index in [1.54, 1.807) is 0 Å². The lowest BCUT2D eigenvalue weighted by Gasteiger charge is -2.36. The van der Waals surface area contributed by atoms with Crippen LogP contribution in [0, 0.1) is 6.92 Å². The predicted octanol–water partition coefficient (Wildman–Crippen LogP) is 1.53. The number of guanidine groups is 1. The van der Waals surface area contributed by atoms with Crippen LogP contribution in [-0.2, 0) is 6.54 Å². The van der Waals surface area contributed by atoms with Crippen LogP contribution in [-0.4, -0.2) is 95.9 Å². The Balaban J connectivity index is 0.00000300. The van der Waals surface area contributed by atoms with Gasteiger partial charge in [-0.15, -0.1) is 24.0 Å². The number of piperidine rings is 1. The maximum absolute atomic E-state index is 9.60. The Labute approximate surface area is 191 Å². The summed E-state index contributed by atoms with van der Waals surface area (Å²) < 4.78 is 5.17. The summed E-state index contributed by atoms with van der Waals surface area (Å²) in [7, 11) is 0. The van der Waals surface area contributed by atoms with Crippen LogP contribution in [0.1, 0.15) is 37.6 Å². The summed E-state index contributed by atoms with van der Waals surface area (Å²) in [6, 6.07) is 2.01. The van der Waals surface area contributed by atoms with E-state index in [-0.39, 0.29) is 30.1 Å². The van der Waals surface area contributed by atoms with Crippen LogP contribution in [0.2, 0.25) is 0 Å². The molecule has 0 aromatic carbocycles. The van der Waals surface area contributed by atoms with Crippen molar-refractivity contribution >= 4 is 29.9 Å². The zero-order valence-corrected chi connectivity index (χ0v) is 20.2. The van der Waals surface area contributed by atoms with E-state index in [0.717, 1.165) is 102 Å². The van der Waals surface area contributed by atoms with E-state index in [9.17, 15) is 5.11 Å². The van der Waals surface area contributed by atoms with Gasteiger partial charge in [-0.05, 0) is 39.7 Å². The third-order valence-electron chi connectivity index (χ3n) is 5.52. The number of aryl methyl sites for hydroxylation is 1. The molecule has 0 spiro atoms.